The second kappa shape index (κ2) is 3.82. The van der Waals surface area contributed by atoms with Crippen LogP contribution < -0.4 is 5.32 Å². The van der Waals surface area contributed by atoms with E-state index in [1.807, 2.05) is 0 Å². The monoisotopic (exact) mass is 212 g/mol. The Balaban J connectivity index is 2.17. The van der Waals surface area contributed by atoms with Gasteiger partial charge in [0.2, 0.25) is 5.82 Å². The highest BCUT2D eigenvalue weighted by Crippen LogP contribution is 2.22. The van der Waals surface area contributed by atoms with Crippen molar-refractivity contribution >= 4 is 11.4 Å². The highest BCUT2D eigenvalue weighted by atomic mass is 19.1. The van der Waals surface area contributed by atoms with Crippen molar-refractivity contribution in [3.63, 3.8) is 0 Å². The lowest BCUT2D eigenvalue weighted by Gasteiger charge is -2.27. The van der Waals surface area contributed by atoms with E-state index in [1.54, 1.807) is 0 Å². The Labute approximate surface area is 85.0 Å². The summed E-state index contributed by atoms with van der Waals surface area (Å²) >= 11 is 0. The maximum Gasteiger partial charge on any atom is 0.306 e. The number of nitrogens with zero attached hydrogens (tertiary/aromatic N) is 1. The Kier molecular flexibility index (Phi) is 2.51. The van der Waals surface area contributed by atoms with Crippen molar-refractivity contribution in [3.8, 4) is 0 Å². The summed E-state index contributed by atoms with van der Waals surface area (Å²) in [5, 5.41) is 13.5. The fraction of sp³-hybridized carbons (Fsp3) is 0.333. The van der Waals surface area contributed by atoms with Gasteiger partial charge in [-0.1, -0.05) is 0 Å². The Morgan fingerprint density at radius 3 is 2.80 bits per heavy atom. The summed E-state index contributed by atoms with van der Waals surface area (Å²) in [6.45, 7) is 1.15. The lowest BCUT2D eigenvalue weighted by Crippen LogP contribution is -2.40. The Morgan fingerprint density at radius 1 is 1.53 bits per heavy atom. The van der Waals surface area contributed by atoms with Gasteiger partial charge in [0, 0.05) is 11.8 Å². The molecule has 0 radical (unpaired) electrons. The summed E-state index contributed by atoms with van der Waals surface area (Å²) in [6.07, 6.45) is 0. The fourth-order valence-electron chi connectivity index (χ4n) is 1.30. The molecule has 1 aromatic carbocycles. The number of benzene rings is 1. The SMILES string of the molecule is O=[N+]([O-])c1cc(NC2COC2)ccc1F. The first-order chi connectivity index (χ1) is 7.16. The molecule has 2 rings (SSSR count). The van der Waals surface area contributed by atoms with Crippen molar-refractivity contribution in [1.82, 2.24) is 0 Å². The minimum Gasteiger partial charge on any atom is -0.377 e. The maximum absolute atomic E-state index is 13.0. The van der Waals surface area contributed by atoms with Crippen molar-refractivity contribution in [2.75, 3.05) is 18.5 Å². The molecule has 1 aliphatic heterocycles. The van der Waals surface area contributed by atoms with E-state index in [0.717, 1.165) is 6.07 Å². The number of ether oxygens (including phenoxy) is 1. The Bertz CT molecular complexity index is 393. The van der Waals surface area contributed by atoms with Crippen molar-refractivity contribution in [2.45, 2.75) is 6.04 Å². The standard InChI is InChI=1S/C9H9FN2O3/c10-8-2-1-6(3-9(8)12(13)14)11-7-4-15-5-7/h1-3,7,11H,4-5H2. The molecular formula is C9H9FN2O3. The first kappa shape index (κ1) is 9.85. The summed E-state index contributed by atoms with van der Waals surface area (Å²) in [5.41, 5.74) is 0.0247. The van der Waals surface area contributed by atoms with Crippen molar-refractivity contribution in [1.29, 1.82) is 0 Å². The van der Waals surface area contributed by atoms with E-state index >= 15 is 0 Å². The average molecular weight is 212 g/mol. The number of halogens is 1. The van der Waals surface area contributed by atoms with E-state index in [9.17, 15) is 14.5 Å². The molecule has 0 aliphatic carbocycles. The van der Waals surface area contributed by atoms with Gasteiger partial charge in [0.25, 0.3) is 0 Å². The minimum absolute atomic E-state index is 0.162. The zero-order valence-corrected chi connectivity index (χ0v) is 7.77. The predicted octanol–water partition coefficient (Wildman–Crippen LogP) is 1.54. The largest absolute Gasteiger partial charge is 0.377 e. The van der Waals surface area contributed by atoms with Gasteiger partial charge in [-0.2, -0.15) is 4.39 Å². The Morgan fingerprint density at radius 2 is 2.27 bits per heavy atom. The van der Waals surface area contributed by atoms with Gasteiger partial charge >= 0.3 is 5.69 Å². The van der Waals surface area contributed by atoms with E-state index in [1.165, 1.54) is 12.1 Å². The zero-order valence-electron chi connectivity index (χ0n) is 7.77. The van der Waals surface area contributed by atoms with E-state index in [2.05, 4.69) is 5.32 Å². The molecule has 6 heteroatoms. The van der Waals surface area contributed by atoms with E-state index in [0.29, 0.717) is 18.9 Å². The van der Waals surface area contributed by atoms with Gasteiger partial charge in [0.15, 0.2) is 0 Å². The zero-order chi connectivity index (χ0) is 10.8. The van der Waals surface area contributed by atoms with Crippen molar-refractivity contribution < 1.29 is 14.1 Å². The molecule has 0 spiro atoms. The topological polar surface area (TPSA) is 64.4 Å². The average Bonchev–Trinajstić information content (AvgIpc) is 2.13. The second-order valence-corrected chi connectivity index (χ2v) is 3.30. The normalized spacial score (nSPS) is 15.8. The highest BCUT2D eigenvalue weighted by Gasteiger charge is 2.20. The van der Waals surface area contributed by atoms with Gasteiger partial charge in [0.1, 0.15) is 0 Å². The van der Waals surface area contributed by atoms with Crippen LogP contribution in [-0.4, -0.2) is 24.2 Å². The lowest BCUT2D eigenvalue weighted by atomic mass is 10.2. The third kappa shape index (κ3) is 2.04. The Hall–Kier alpha value is -1.69. The number of nitro benzene ring substituents is 1. The lowest BCUT2D eigenvalue weighted by molar-refractivity contribution is -0.387. The van der Waals surface area contributed by atoms with Gasteiger partial charge in [-0.25, -0.2) is 0 Å². The second-order valence-electron chi connectivity index (χ2n) is 3.30. The number of nitrogens with one attached hydrogen (secondary N) is 1. The molecule has 0 aromatic heterocycles. The molecule has 0 unspecified atom stereocenters. The molecule has 0 bridgehead atoms. The summed E-state index contributed by atoms with van der Waals surface area (Å²) < 4.78 is 17.9. The van der Waals surface area contributed by atoms with Crippen molar-refractivity contribution in [3.05, 3.63) is 34.1 Å². The molecule has 1 N–H and O–H groups in total. The molecular weight excluding hydrogens is 203 g/mol. The quantitative estimate of drug-likeness (QED) is 0.609. The molecule has 1 saturated heterocycles. The van der Waals surface area contributed by atoms with Crippen LogP contribution in [0.1, 0.15) is 0 Å². The summed E-state index contributed by atoms with van der Waals surface area (Å²) in [7, 11) is 0. The van der Waals surface area contributed by atoms with Crippen LogP contribution in [0.5, 0.6) is 0 Å². The molecule has 1 aromatic rings. The molecule has 5 nitrogen and oxygen atoms in total. The van der Waals surface area contributed by atoms with Crippen LogP contribution in [0.2, 0.25) is 0 Å². The molecule has 0 atom stereocenters. The molecule has 0 amide bonds. The van der Waals surface area contributed by atoms with Gasteiger partial charge < -0.3 is 10.1 Å². The van der Waals surface area contributed by atoms with Gasteiger partial charge in [-0.15, -0.1) is 0 Å². The van der Waals surface area contributed by atoms with Crippen LogP contribution in [0.25, 0.3) is 0 Å². The number of rotatable bonds is 3. The van der Waals surface area contributed by atoms with Crippen LogP contribution in [0.15, 0.2) is 18.2 Å². The van der Waals surface area contributed by atoms with Gasteiger partial charge in [-0.05, 0) is 12.1 Å². The van der Waals surface area contributed by atoms with Crippen LogP contribution in [-0.2, 0) is 4.74 Å². The number of hydrogen-bond acceptors (Lipinski definition) is 4. The minimum atomic E-state index is -0.824. The van der Waals surface area contributed by atoms with Crippen molar-refractivity contribution in [2.24, 2.45) is 0 Å². The first-order valence-electron chi connectivity index (χ1n) is 4.45. The maximum atomic E-state index is 13.0. The predicted molar refractivity (Wildman–Crippen MR) is 51.3 cm³/mol. The summed E-state index contributed by atoms with van der Waals surface area (Å²) in [4.78, 5) is 9.72. The van der Waals surface area contributed by atoms with E-state index in [4.69, 9.17) is 4.74 Å². The highest BCUT2D eigenvalue weighted by molar-refractivity contribution is 5.52. The van der Waals surface area contributed by atoms with Gasteiger partial charge in [0.05, 0.1) is 24.2 Å². The first-order valence-corrected chi connectivity index (χ1v) is 4.45. The summed E-state index contributed by atoms with van der Waals surface area (Å²) in [5.74, 6) is -0.824. The van der Waals surface area contributed by atoms with Crippen LogP contribution in [0.3, 0.4) is 0 Å². The smallest absolute Gasteiger partial charge is 0.306 e. The third-order valence-electron chi connectivity index (χ3n) is 2.15. The molecule has 80 valence electrons. The third-order valence-corrected chi connectivity index (χ3v) is 2.15. The van der Waals surface area contributed by atoms with E-state index < -0.39 is 16.4 Å². The van der Waals surface area contributed by atoms with Gasteiger partial charge in [-0.3, -0.25) is 10.1 Å². The molecule has 15 heavy (non-hydrogen) atoms. The molecule has 1 aliphatic rings. The number of nitro groups is 1. The molecule has 1 heterocycles. The summed E-state index contributed by atoms with van der Waals surface area (Å²) in [6, 6.07) is 3.91. The molecule has 1 fully saturated rings. The molecule has 0 saturated carbocycles. The van der Waals surface area contributed by atoms with E-state index in [-0.39, 0.29) is 6.04 Å². The van der Waals surface area contributed by atoms with Crippen LogP contribution >= 0.6 is 0 Å². The van der Waals surface area contributed by atoms with Crippen LogP contribution in [0.4, 0.5) is 15.8 Å². The number of hydrogen-bond donors (Lipinski definition) is 1. The van der Waals surface area contributed by atoms with Crippen LogP contribution in [0, 0.1) is 15.9 Å². The fourth-order valence-corrected chi connectivity index (χ4v) is 1.30. The number of anilines is 1.